The summed E-state index contributed by atoms with van der Waals surface area (Å²) in [5, 5.41) is 13.0. The Morgan fingerprint density at radius 1 is 0.941 bits per heavy atom. The maximum Gasteiger partial charge on any atom is 0.262 e. The second kappa shape index (κ2) is 11.2. The number of likely N-dealkylation sites (N-methyl/N-ethyl adjacent to an activating group) is 1. The van der Waals surface area contributed by atoms with Crippen LogP contribution in [-0.4, -0.2) is 63.2 Å². The second-order valence-corrected chi connectivity index (χ2v) is 7.78. The fourth-order valence-electron chi connectivity index (χ4n) is 3.51. The van der Waals surface area contributed by atoms with Crippen molar-refractivity contribution in [1.82, 2.24) is 10.2 Å². The largest absolute Gasteiger partial charge is 0.508 e. The van der Waals surface area contributed by atoms with Crippen molar-refractivity contribution < 1.29 is 24.2 Å². The van der Waals surface area contributed by atoms with Gasteiger partial charge in [0.2, 0.25) is 0 Å². The monoisotopic (exact) mass is 463 g/mol. The lowest BCUT2D eigenvalue weighted by molar-refractivity contribution is 0.0942. The van der Waals surface area contributed by atoms with Gasteiger partial charge in [0, 0.05) is 24.7 Å². The van der Waals surface area contributed by atoms with Gasteiger partial charge in [-0.05, 0) is 50.5 Å². The number of rotatable bonds is 9. The highest BCUT2D eigenvalue weighted by Gasteiger charge is 2.29. The Hall–Kier alpha value is -4.04. The summed E-state index contributed by atoms with van der Waals surface area (Å²) < 4.78 is 11.1. The first-order valence-corrected chi connectivity index (χ1v) is 10.7. The third kappa shape index (κ3) is 5.47. The van der Waals surface area contributed by atoms with E-state index in [9.17, 15) is 14.7 Å². The molecular formula is C26H29N3O5. The van der Waals surface area contributed by atoms with Crippen molar-refractivity contribution in [2.45, 2.75) is 0 Å². The van der Waals surface area contributed by atoms with E-state index < -0.39 is 0 Å². The second-order valence-electron chi connectivity index (χ2n) is 7.78. The molecule has 0 unspecified atom stereocenters. The summed E-state index contributed by atoms with van der Waals surface area (Å²) in [5.41, 5.74) is 1.35. The Kier molecular flexibility index (Phi) is 8.10. The average molecular weight is 464 g/mol. The fourth-order valence-corrected chi connectivity index (χ4v) is 3.51. The summed E-state index contributed by atoms with van der Waals surface area (Å²) in [5.74, 6) is -0.258. The summed E-state index contributed by atoms with van der Waals surface area (Å²) in [4.78, 5) is 30.2. The van der Waals surface area contributed by atoms with Gasteiger partial charge in [-0.25, -0.2) is 0 Å². The lowest BCUT2D eigenvalue weighted by Crippen LogP contribution is -2.32. The fraction of sp³-hybridized carbons (Fsp3) is 0.231. The third-order valence-electron chi connectivity index (χ3n) is 5.15. The molecule has 0 bridgehead atoms. The maximum atomic E-state index is 13.7. The van der Waals surface area contributed by atoms with Crippen molar-refractivity contribution >= 4 is 23.2 Å². The molecule has 0 aliphatic heterocycles. The first-order valence-electron chi connectivity index (χ1n) is 10.7. The molecule has 0 heterocycles. The van der Waals surface area contributed by atoms with E-state index in [2.05, 4.69) is 5.32 Å². The smallest absolute Gasteiger partial charge is 0.262 e. The standard InChI is InChI=1S/C26H29N3O5/c1-28(2)16-15-27-25(31)23-22(33-3)14-13-21(24(23)34-4)29(19-11-8-12-20(30)17-19)26(32)18-9-6-5-7-10-18/h5-14,17,30H,15-16H2,1-4H3,(H,27,31). The van der Waals surface area contributed by atoms with Gasteiger partial charge in [-0.1, -0.05) is 24.3 Å². The molecule has 3 aromatic carbocycles. The van der Waals surface area contributed by atoms with Crippen LogP contribution in [0.5, 0.6) is 17.2 Å². The van der Waals surface area contributed by atoms with Crippen LogP contribution >= 0.6 is 0 Å². The van der Waals surface area contributed by atoms with Crippen LogP contribution in [0.4, 0.5) is 11.4 Å². The molecule has 3 aromatic rings. The predicted molar refractivity (Wildman–Crippen MR) is 131 cm³/mol. The molecule has 8 heteroatoms. The molecule has 34 heavy (non-hydrogen) atoms. The summed E-state index contributed by atoms with van der Waals surface area (Å²) in [6, 6.07) is 18.3. The predicted octanol–water partition coefficient (Wildman–Crippen LogP) is 3.68. The quantitative estimate of drug-likeness (QED) is 0.503. The number of nitrogens with zero attached hydrogens (tertiary/aromatic N) is 2. The van der Waals surface area contributed by atoms with Crippen molar-refractivity contribution in [2.75, 3.05) is 46.3 Å². The van der Waals surface area contributed by atoms with Gasteiger partial charge in [0.25, 0.3) is 11.8 Å². The number of hydrogen-bond donors (Lipinski definition) is 2. The number of methoxy groups -OCH3 is 2. The van der Waals surface area contributed by atoms with E-state index >= 15 is 0 Å². The minimum Gasteiger partial charge on any atom is -0.508 e. The van der Waals surface area contributed by atoms with E-state index in [-0.39, 0.29) is 28.9 Å². The summed E-state index contributed by atoms with van der Waals surface area (Å²) in [6.07, 6.45) is 0. The zero-order valence-corrected chi connectivity index (χ0v) is 19.7. The Morgan fingerprint density at radius 2 is 1.68 bits per heavy atom. The lowest BCUT2D eigenvalue weighted by Gasteiger charge is -2.27. The molecule has 2 amide bonds. The average Bonchev–Trinajstić information content (AvgIpc) is 2.84. The summed E-state index contributed by atoms with van der Waals surface area (Å²) in [6.45, 7) is 1.07. The molecule has 0 aliphatic rings. The minimum absolute atomic E-state index is 0.00232. The zero-order chi connectivity index (χ0) is 24.7. The van der Waals surface area contributed by atoms with Gasteiger partial charge >= 0.3 is 0 Å². The van der Waals surface area contributed by atoms with E-state index in [0.717, 1.165) is 0 Å². The normalized spacial score (nSPS) is 10.6. The molecule has 0 atom stereocenters. The number of phenolic OH excluding ortho intramolecular Hbond substituents is 1. The number of benzene rings is 3. The molecule has 0 radical (unpaired) electrons. The van der Waals surface area contributed by atoms with Gasteiger partial charge in [0.05, 0.1) is 25.6 Å². The molecule has 2 N–H and O–H groups in total. The van der Waals surface area contributed by atoms with Crippen molar-refractivity contribution in [1.29, 1.82) is 0 Å². The third-order valence-corrected chi connectivity index (χ3v) is 5.15. The Labute approximate surface area is 199 Å². The highest BCUT2D eigenvalue weighted by atomic mass is 16.5. The van der Waals surface area contributed by atoms with Gasteiger partial charge in [-0.2, -0.15) is 0 Å². The number of anilines is 2. The van der Waals surface area contributed by atoms with Crippen LogP contribution in [0.1, 0.15) is 20.7 Å². The topological polar surface area (TPSA) is 91.3 Å². The Bertz CT molecular complexity index is 1150. The van der Waals surface area contributed by atoms with Gasteiger partial charge in [0.1, 0.15) is 17.1 Å². The first-order chi connectivity index (χ1) is 16.4. The molecule has 0 saturated carbocycles. The van der Waals surface area contributed by atoms with Crippen LogP contribution in [0.2, 0.25) is 0 Å². The Morgan fingerprint density at radius 3 is 2.29 bits per heavy atom. The van der Waals surface area contributed by atoms with Crippen LogP contribution in [0, 0.1) is 0 Å². The van der Waals surface area contributed by atoms with Gasteiger partial charge < -0.3 is 24.8 Å². The van der Waals surface area contributed by atoms with Crippen LogP contribution in [0.15, 0.2) is 66.7 Å². The highest BCUT2D eigenvalue weighted by Crippen LogP contribution is 2.42. The molecule has 0 fully saturated rings. The molecule has 0 aliphatic carbocycles. The number of aromatic hydroxyl groups is 1. The van der Waals surface area contributed by atoms with Gasteiger partial charge in [-0.3, -0.25) is 14.5 Å². The molecule has 0 saturated heterocycles. The van der Waals surface area contributed by atoms with Crippen LogP contribution < -0.4 is 19.7 Å². The Balaban J connectivity index is 2.17. The van der Waals surface area contributed by atoms with Gasteiger partial charge in [0.15, 0.2) is 5.75 Å². The van der Waals surface area contributed by atoms with Crippen LogP contribution in [-0.2, 0) is 0 Å². The number of hydrogen-bond acceptors (Lipinski definition) is 6. The lowest BCUT2D eigenvalue weighted by atomic mass is 10.1. The molecule has 3 rings (SSSR count). The number of carbonyl (C=O) groups excluding carboxylic acids is 2. The van der Waals surface area contributed by atoms with Crippen molar-refractivity contribution in [2.24, 2.45) is 0 Å². The first kappa shape index (κ1) is 24.6. The van der Waals surface area contributed by atoms with E-state index in [4.69, 9.17) is 9.47 Å². The molecule has 178 valence electrons. The number of nitrogens with one attached hydrogen (secondary N) is 1. The summed E-state index contributed by atoms with van der Waals surface area (Å²) >= 11 is 0. The van der Waals surface area contributed by atoms with Crippen molar-refractivity contribution in [3.8, 4) is 17.2 Å². The SMILES string of the molecule is COc1ccc(N(C(=O)c2ccccc2)c2cccc(O)c2)c(OC)c1C(=O)NCCN(C)C. The number of ether oxygens (including phenoxy) is 2. The van der Waals surface area contributed by atoms with Crippen molar-refractivity contribution in [3.05, 3.63) is 77.9 Å². The molecule has 0 spiro atoms. The number of amides is 2. The van der Waals surface area contributed by atoms with Gasteiger partial charge in [-0.15, -0.1) is 0 Å². The molecule has 8 nitrogen and oxygen atoms in total. The van der Waals surface area contributed by atoms with E-state index in [0.29, 0.717) is 35.8 Å². The maximum absolute atomic E-state index is 13.7. The molecular weight excluding hydrogens is 434 g/mol. The van der Waals surface area contributed by atoms with E-state index in [1.807, 2.05) is 25.1 Å². The zero-order valence-electron chi connectivity index (χ0n) is 19.7. The van der Waals surface area contributed by atoms with Crippen LogP contribution in [0.3, 0.4) is 0 Å². The van der Waals surface area contributed by atoms with Crippen molar-refractivity contribution in [3.63, 3.8) is 0 Å². The number of phenols is 1. The molecule has 0 aromatic heterocycles. The summed E-state index contributed by atoms with van der Waals surface area (Å²) in [7, 11) is 6.72. The minimum atomic E-state index is -0.389. The number of carbonyl (C=O) groups is 2. The van der Waals surface area contributed by atoms with Crippen LogP contribution in [0.25, 0.3) is 0 Å². The van der Waals surface area contributed by atoms with E-state index in [1.165, 1.54) is 31.3 Å². The highest BCUT2D eigenvalue weighted by molar-refractivity contribution is 6.13. The van der Waals surface area contributed by atoms with E-state index in [1.54, 1.807) is 48.5 Å².